The minimum Gasteiger partial charge on any atom is -0.241 e. The lowest BCUT2D eigenvalue weighted by molar-refractivity contribution is -0.248. The van der Waals surface area contributed by atoms with Crippen LogP contribution in [0.2, 0.25) is 0 Å². The quantitative estimate of drug-likeness (QED) is 0.630. The third kappa shape index (κ3) is 1.85. The van der Waals surface area contributed by atoms with Crippen molar-refractivity contribution in [1.82, 2.24) is 0 Å². The van der Waals surface area contributed by atoms with E-state index in [-0.39, 0.29) is 0 Å². The van der Waals surface area contributed by atoms with Crippen LogP contribution >= 0.6 is 0 Å². The van der Waals surface area contributed by atoms with Gasteiger partial charge in [-0.1, -0.05) is 48.5 Å². The highest BCUT2D eigenvalue weighted by Crippen LogP contribution is 2.34. The van der Waals surface area contributed by atoms with E-state index in [0.717, 1.165) is 22.3 Å². The second kappa shape index (κ2) is 4.70. The van der Waals surface area contributed by atoms with Crippen LogP contribution in [0.15, 0.2) is 48.5 Å². The molecular formula is C18H10O4. The molecule has 0 fully saturated rings. The summed E-state index contributed by atoms with van der Waals surface area (Å²) in [5.74, 6) is -1.33. The van der Waals surface area contributed by atoms with Crippen molar-refractivity contribution in [3.05, 3.63) is 70.8 Å². The van der Waals surface area contributed by atoms with Crippen LogP contribution in [0.5, 0.6) is 0 Å². The maximum absolute atomic E-state index is 11.9. The van der Waals surface area contributed by atoms with Gasteiger partial charge < -0.3 is 0 Å². The van der Waals surface area contributed by atoms with Crippen molar-refractivity contribution in [1.29, 1.82) is 0 Å². The average Bonchev–Trinajstić information content (AvgIpc) is 2.48. The molecule has 2 aliphatic carbocycles. The lowest BCUT2D eigenvalue weighted by atomic mass is 9.89. The summed E-state index contributed by atoms with van der Waals surface area (Å²) in [5.41, 5.74) is 4.36. The number of hydrogen-bond donors (Lipinski definition) is 0. The number of rotatable bonds is 2. The van der Waals surface area contributed by atoms with Gasteiger partial charge in [-0.25, -0.2) is 19.4 Å². The molecule has 22 heavy (non-hydrogen) atoms. The smallest absolute Gasteiger partial charge is 0.241 e. The van der Waals surface area contributed by atoms with Gasteiger partial charge in [0.05, 0.1) is 11.1 Å². The molecule has 4 nitrogen and oxygen atoms in total. The van der Waals surface area contributed by atoms with E-state index in [4.69, 9.17) is 0 Å². The molecular weight excluding hydrogens is 280 g/mol. The Bertz CT molecular complexity index is 801. The molecule has 0 bridgehead atoms. The van der Waals surface area contributed by atoms with Crippen molar-refractivity contribution in [2.75, 3.05) is 0 Å². The zero-order valence-electron chi connectivity index (χ0n) is 11.4. The molecule has 2 aromatic carbocycles. The Morgan fingerprint density at radius 2 is 1.05 bits per heavy atom. The Morgan fingerprint density at radius 3 is 1.45 bits per heavy atom. The topological polar surface area (TPSA) is 52.6 Å². The number of fused-ring (bicyclic) bond motifs is 2. The minimum absolute atomic E-state index is 0.409. The van der Waals surface area contributed by atoms with E-state index >= 15 is 0 Å². The maximum atomic E-state index is 11.9. The van der Waals surface area contributed by atoms with Crippen molar-refractivity contribution >= 4 is 35.2 Å². The van der Waals surface area contributed by atoms with Gasteiger partial charge in [-0.15, -0.1) is 0 Å². The predicted octanol–water partition coefficient (Wildman–Crippen LogP) is 3.10. The van der Waals surface area contributed by atoms with E-state index in [2.05, 4.69) is 9.78 Å². The molecule has 0 saturated heterocycles. The van der Waals surface area contributed by atoms with E-state index in [1.165, 1.54) is 0 Å². The van der Waals surface area contributed by atoms with E-state index < -0.39 is 11.9 Å². The summed E-state index contributed by atoms with van der Waals surface area (Å²) in [4.78, 5) is 33.0. The Hall–Kier alpha value is -3.14. The fraction of sp³-hybridized carbons (Fsp3) is 0. The SMILES string of the molecule is O=C(OOC(=O)C1=Cc2ccccc21)C1=Cc2ccccc21. The summed E-state index contributed by atoms with van der Waals surface area (Å²) in [7, 11) is 0. The van der Waals surface area contributed by atoms with Gasteiger partial charge in [0.1, 0.15) is 0 Å². The summed E-state index contributed by atoms with van der Waals surface area (Å²) in [6, 6.07) is 14.9. The molecule has 0 saturated carbocycles. The Balaban J connectivity index is 1.39. The van der Waals surface area contributed by atoms with Crippen molar-refractivity contribution in [2.45, 2.75) is 0 Å². The first-order valence-electron chi connectivity index (χ1n) is 6.79. The lowest BCUT2D eigenvalue weighted by Crippen LogP contribution is -2.18. The van der Waals surface area contributed by atoms with Crippen molar-refractivity contribution in [3.8, 4) is 0 Å². The van der Waals surface area contributed by atoms with Crippen LogP contribution < -0.4 is 0 Å². The largest absolute Gasteiger partial charge is 0.386 e. The summed E-state index contributed by atoms with van der Waals surface area (Å²) in [6.45, 7) is 0. The van der Waals surface area contributed by atoms with Crippen LogP contribution in [0.4, 0.5) is 0 Å². The summed E-state index contributed by atoms with van der Waals surface area (Å²) in [5, 5.41) is 0. The maximum Gasteiger partial charge on any atom is 0.386 e. The van der Waals surface area contributed by atoms with Crippen molar-refractivity contribution in [2.24, 2.45) is 0 Å². The zero-order valence-corrected chi connectivity index (χ0v) is 11.4. The molecule has 2 aliphatic rings. The number of benzene rings is 2. The highest BCUT2D eigenvalue weighted by atomic mass is 17.2. The first-order valence-corrected chi connectivity index (χ1v) is 6.79. The first kappa shape index (κ1) is 12.6. The molecule has 0 N–H and O–H groups in total. The number of carbonyl (C=O) groups excluding carboxylic acids is 2. The summed E-state index contributed by atoms with van der Waals surface area (Å²) in [6.07, 6.45) is 3.40. The normalized spacial score (nSPS) is 13.5. The number of hydrogen-bond acceptors (Lipinski definition) is 4. The summed E-state index contributed by atoms with van der Waals surface area (Å²) >= 11 is 0. The van der Waals surface area contributed by atoms with Crippen molar-refractivity contribution < 1.29 is 19.4 Å². The molecule has 2 aromatic rings. The molecule has 4 rings (SSSR count). The molecule has 106 valence electrons. The van der Waals surface area contributed by atoms with Gasteiger partial charge in [0.25, 0.3) is 0 Å². The molecule has 0 aromatic heterocycles. The monoisotopic (exact) mass is 290 g/mol. The molecule has 0 spiro atoms. The van der Waals surface area contributed by atoms with Crippen LogP contribution in [0.3, 0.4) is 0 Å². The molecule has 0 amide bonds. The molecule has 0 unspecified atom stereocenters. The predicted molar refractivity (Wildman–Crippen MR) is 80.8 cm³/mol. The van der Waals surface area contributed by atoms with Gasteiger partial charge in [-0.05, 0) is 34.4 Å². The zero-order chi connectivity index (χ0) is 15.1. The fourth-order valence-corrected chi connectivity index (χ4v) is 2.55. The Kier molecular flexibility index (Phi) is 2.69. The van der Waals surface area contributed by atoms with Crippen LogP contribution in [-0.4, -0.2) is 11.9 Å². The second-order valence-electron chi connectivity index (χ2n) is 5.03. The first-order chi connectivity index (χ1) is 10.7. The van der Waals surface area contributed by atoms with Crippen LogP contribution in [0, 0.1) is 0 Å². The minimum atomic E-state index is -0.666. The van der Waals surface area contributed by atoms with E-state index in [1.807, 2.05) is 48.5 Å². The van der Waals surface area contributed by atoms with Gasteiger partial charge in [0, 0.05) is 0 Å². The van der Waals surface area contributed by atoms with Gasteiger partial charge >= 0.3 is 11.9 Å². The van der Waals surface area contributed by atoms with Crippen molar-refractivity contribution in [3.63, 3.8) is 0 Å². The third-order valence-corrected chi connectivity index (χ3v) is 3.73. The molecule has 0 aliphatic heterocycles. The molecule has 4 heteroatoms. The van der Waals surface area contributed by atoms with Gasteiger partial charge in [0.2, 0.25) is 0 Å². The van der Waals surface area contributed by atoms with Gasteiger partial charge in [-0.3, -0.25) is 0 Å². The molecule has 0 atom stereocenters. The van der Waals surface area contributed by atoms with Crippen LogP contribution in [0.1, 0.15) is 22.3 Å². The molecule has 0 heterocycles. The van der Waals surface area contributed by atoms with E-state index in [0.29, 0.717) is 11.1 Å². The van der Waals surface area contributed by atoms with Crippen LogP contribution in [-0.2, 0) is 19.4 Å². The van der Waals surface area contributed by atoms with Gasteiger partial charge in [-0.2, -0.15) is 0 Å². The number of carbonyl (C=O) groups is 2. The third-order valence-electron chi connectivity index (χ3n) is 3.73. The Labute approximate surface area is 126 Å². The second-order valence-corrected chi connectivity index (χ2v) is 5.03. The average molecular weight is 290 g/mol. The fourth-order valence-electron chi connectivity index (χ4n) is 2.55. The van der Waals surface area contributed by atoms with E-state index in [1.54, 1.807) is 12.2 Å². The standard InChI is InChI=1S/C18H10O4/c19-17(15-9-11-5-1-3-7-13(11)15)21-22-18(20)16-10-12-6-2-4-8-14(12)16/h1-10H. The van der Waals surface area contributed by atoms with Gasteiger partial charge in [0.15, 0.2) is 0 Å². The highest BCUT2D eigenvalue weighted by molar-refractivity contribution is 6.29. The lowest BCUT2D eigenvalue weighted by Gasteiger charge is -2.19. The van der Waals surface area contributed by atoms with Crippen LogP contribution in [0.25, 0.3) is 23.3 Å². The Morgan fingerprint density at radius 1 is 0.636 bits per heavy atom. The highest BCUT2D eigenvalue weighted by Gasteiger charge is 2.28. The molecule has 0 radical (unpaired) electrons. The summed E-state index contributed by atoms with van der Waals surface area (Å²) < 4.78 is 0. The van der Waals surface area contributed by atoms with E-state index in [9.17, 15) is 9.59 Å².